The largest absolute Gasteiger partial charge is 0.344 e. The number of anilines is 1. The molecule has 37 heavy (non-hydrogen) atoms. The highest BCUT2D eigenvalue weighted by atomic mass is 32.2. The molecule has 0 heterocycles. The van der Waals surface area contributed by atoms with Crippen LogP contribution in [0.1, 0.15) is 39.4 Å². The number of amides is 1. The number of nitrogens with zero attached hydrogens (tertiary/aromatic N) is 1. The van der Waals surface area contributed by atoms with Gasteiger partial charge in [0, 0.05) is 0 Å². The van der Waals surface area contributed by atoms with Gasteiger partial charge in [-0.2, -0.15) is 0 Å². The highest BCUT2D eigenvalue weighted by Crippen LogP contribution is 2.29. The standard InChI is InChI=1S/C31H32N2O3S/c1-22-14-17-27(18-15-22)37(35,36)33(29-19-16-23(2)20-25(29)4)21-30(34)32-31(26-11-6-5-7-12-26)28-13-9-8-10-24(28)3/h5-20,31H,21H2,1-4H3,(H,32,34)/t31-/m1/s1. The van der Waals surface area contributed by atoms with Crippen LogP contribution in [0.5, 0.6) is 0 Å². The minimum atomic E-state index is -4.00. The molecule has 1 atom stereocenters. The van der Waals surface area contributed by atoms with Crippen molar-refractivity contribution in [3.05, 3.63) is 130 Å². The van der Waals surface area contributed by atoms with Gasteiger partial charge in [0.25, 0.3) is 10.0 Å². The van der Waals surface area contributed by atoms with E-state index in [0.29, 0.717) is 5.69 Å². The molecule has 0 radical (unpaired) electrons. The van der Waals surface area contributed by atoms with Crippen LogP contribution in [0, 0.1) is 27.7 Å². The first-order valence-corrected chi connectivity index (χ1v) is 13.7. The second-order valence-electron chi connectivity index (χ2n) is 9.38. The van der Waals surface area contributed by atoms with Crippen molar-refractivity contribution >= 4 is 21.6 Å². The van der Waals surface area contributed by atoms with Crippen LogP contribution in [0.3, 0.4) is 0 Å². The first-order chi connectivity index (χ1) is 17.7. The van der Waals surface area contributed by atoms with Gasteiger partial charge in [-0.25, -0.2) is 8.42 Å². The summed E-state index contributed by atoms with van der Waals surface area (Å²) in [5.41, 5.74) is 6.15. The molecule has 190 valence electrons. The van der Waals surface area contributed by atoms with E-state index in [0.717, 1.165) is 33.4 Å². The molecule has 0 aliphatic carbocycles. The molecule has 0 spiro atoms. The van der Waals surface area contributed by atoms with E-state index >= 15 is 0 Å². The molecule has 0 bridgehead atoms. The lowest BCUT2D eigenvalue weighted by Crippen LogP contribution is -2.42. The molecule has 0 saturated heterocycles. The summed E-state index contributed by atoms with van der Waals surface area (Å²) in [6.45, 7) is 7.37. The summed E-state index contributed by atoms with van der Waals surface area (Å²) in [5.74, 6) is -0.396. The number of hydrogen-bond donors (Lipinski definition) is 1. The van der Waals surface area contributed by atoms with E-state index < -0.39 is 22.0 Å². The van der Waals surface area contributed by atoms with E-state index in [9.17, 15) is 13.2 Å². The van der Waals surface area contributed by atoms with Crippen LogP contribution in [0.15, 0.2) is 102 Å². The lowest BCUT2D eigenvalue weighted by molar-refractivity contribution is -0.120. The van der Waals surface area contributed by atoms with E-state index in [1.54, 1.807) is 30.3 Å². The van der Waals surface area contributed by atoms with Gasteiger partial charge in [0.1, 0.15) is 6.54 Å². The fourth-order valence-corrected chi connectivity index (χ4v) is 5.94. The van der Waals surface area contributed by atoms with Crippen molar-refractivity contribution in [2.24, 2.45) is 0 Å². The SMILES string of the molecule is Cc1ccc(S(=O)(=O)N(CC(=O)N[C@H](c2ccccc2)c2ccccc2C)c2ccc(C)cc2C)cc1. The fourth-order valence-electron chi connectivity index (χ4n) is 4.46. The van der Waals surface area contributed by atoms with Crippen LogP contribution in [0.2, 0.25) is 0 Å². The average molecular weight is 513 g/mol. The Balaban J connectivity index is 1.73. The van der Waals surface area contributed by atoms with Gasteiger partial charge in [-0.05, 0) is 68.1 Å². The average Bonchev–Trinajstić information content (AvgIpc) is 2.87. The smallest absolute Gasteiger partial charge is 0.264 e. The minimum Gasteiger partial charge on any atom is -0.344 e. The molecule has 0 unspecified atom stereocenters. The van der Waals surface area contributed by atoms with Crippen molar-refractivity contribution in [3.63, 3.8) is 0 Å². The number of benzene rings is 4. The van der Waals surface area contributed by atoms with Gasteiger partial charge in [0.2, 0.25) is 5.91 Å². The monoisotopic (exact) mass is 512 g/mol. The summed E-state index contributed by atoms with van der Waals surface area (Å²) in [6, 6.07) is 29.4. The molecule has 0 aliphatic rings. The maximum Gasteiger partial charge on any atom is 0.264 e. The van der Waals surface area contributed by atoms with Crippen molar-refractivity contribution in [1.29, 1.82) is 0 Å². The molecule has 5 nitrogen and oxygen atoms in total. The van der Waals surface area contributed by atoms with E-state index in [1.165, 1.54) is 4.31 Å². The van der Waals surface area contributed by atoms with E-state index in [-0.39, 0.29) is 11.4 Å². The second kappa shape index (κ2) is 11.0. The first kappa shape index (κ1) is 26.2. The molecular weight excluding hydrogens is 480 g/mol. The summed E-state index contributed by atoms with van der Waals surface area (Å²) in [5, 5.41) is 3.11. The predicted molar refractivity (Wildman–Crippen MR) is 149 cm³/mol. The maximum atomic E-state index is 13.8. The normalized spacial score (nSPS) is 12.1. The van der Waals surface area contributed by atoms with Gasteiger partial charge in [-0.1, -0.05) is 90.0 Å². The molecule has 6 heteroatoms. The zero-order valence-electron chi connectivity index (χ0n) is 21.6. The highest BCUT2D eigenvalue weighted by molar-refractivity contribution is 7.92. The number of sulfonamides is 1. The molecule has 0 fully saturated rings. The Morgan fingerprint density at radius 1 is 0.757 bits per heavy atom. The number of hydrogen-bond acceptors (Lipinski definition) is 3. The minimum absolute atomic E-state index is 0.143. The zero-order chi connectivity index (χ0) is 26.6. The third-order valence-electron chi connectivity index (χ3n) is 6.45. The Bertz CT molecular complexity index is 1500. The maximum absolute atomic E-state index is 13.8. The predicted octanol–water partition coefficient (Wildman–Crippen LogP) is 6.02. The van der Waals surface area contributed by atoms with E-state index in [2.05, 4.69) is 5.32 Å². The molecule has 1 amide bonds. The van der Waals surface area contributed by atoms with Gasteiger partial charge in [0.05, 0.1) is 16.6 Å². The van der Waals surface area contributed by atoms with Gasteiger partial charge < -0.3 is 5.32 Å². The Morgan fingerprint density at radius 2 is 1.38 bits per heavy atom. The fraction of sp³-hybridized carbons (Fsp3) is 0.194. The first-order valence-electron chi connectivity index (χ1n) is 12.2. The second-order valence-corrected chi connectivity index (χ2v) is 11.2. The number of carbonyl (C=O) groups excluding carboxylic acids is 1. The molecule has 0 aromatic heterocycles. The van der Waals surface area contributed by atoms with Gasteiger partial charge in [-0.15, -0.1) is 0 Å². The van der Waals surface area contributed by atoms with Crippen LogP contribution >= 0.6 is 0 Å². The van der Waals surface area contributed by atoms with Crippen LogP contribution in [-0.2, 0) is 14.8 Å². The van der Waals surface area contributed by atoms with E-state index in [1.807, 2.05) is 94.4 Å². The summed E-state index contributed by atoms with van der Waals surface area (Å²) in [4.78, 5) is 13.7. The van der Waals surface area contributed by atoms with E-state index in [4.69, 9.17) is 0 Å². The third kappa shape index (κ3) is 5.92. The topological polar surface area (TPSA) is 66.5 Å². The van der Waals surface area contributed by atoms with Crippen molar-refractivity contribution < 1.29 is 13.2 Å². The molecule has 4 rings (SSSR count). The molecule has 0 saturated carbocycles. The Morgan fingerprint density at radius 3 is 2.03 bits per heavy atom. The lowest BCUT2D eigenvalue weighted by Gasteiger charge is -2.28. The summed E-state index contributed by atoms with van der Waals surface area (Å²) >= 11 is 0. The van der Waals surface area contributed by atoms with Gasteiger partial charge >= 0.3 is 0 Å². The summed E-state index contributed by atoms with van der Waals surface area (Å²) in [6.07, 6.45) is 0. The zero-order valence-corrected chi connectivity index (χ0v) is 22.4. The van der Waals surface area contributed by atoms with Crippen LogP contribution in [0.4, 0.5) is 5.69 Å². The van der Waals surface area contributed by atoms with Crippen LogP contribution in [-0.4, -0.2) is 20.9 Å². The van der Waals surface area contributed by atoms with Crippen molar-refractivity contribution in [2.45, 2.75) is 38.6 Å². The van der Waals surface area contributed by atoms with Crippen molar-refractivity contribution in [2.75, 3.05) is 10.8 Å². The number of nitrogens with one attached hydrogen (secondary N) is 1. The molecule has 1 N–H and O–H groups in total. The Kier molecular flexibility index (Phi) is 7.79. The quantitative estimate of drug-likeness (QED) is 0.314. The van der Waals surface area contributed by atoms with Crippen LogP contribution in [0.25, 0.3) is 0 Å². The Labute approximate surface area is 219 Å². The van der Waals surface area contributed by atoms with Crippen LogP contribution < -0.4 is 9.62 Å². The number of aryl methyl sites for hydroxylation is 4. The van der Waals surface area contributed by atoms with Crippen molar-refractivity contribution in [1.82, 2.24) is 5.32 Å². The third-order valence-corrected chi connectivity index (χ3v) is 8.23. The summed E-state index contributed by atoms with van der Waals surface area (Å²) in [7, 11) is -4.00. The lowest BCUT2D eigenvalue weighted by atomic mass is 9.95. The number of rotatable bonds is 8. The van der Waals surface area contributed by atoms with Gasteiger partial charge in [-0.3, -0.25) is 9.10 Å². The molecule has 4 aromatic carbocycles. The number of carbonyl (C=O) groups is 1. The van der Waals surface area contributed by atoms with Gasteiger partial charge in [0.15, 0.2) is 0 Å². The Hall–Kier alpha value is -3.90. The molecule has 4 aromatic rings. The molecule has 0 aliphatic heterocycles. The highest BCUT2D eigenvalue weighted by Gasteiger charge is 2.29. The van der Waals surface area contributed by atoms with Crippen molar-refractivity contribution in [3.8, 4) is 0 Å². The molecular formula is C31H32N2O3S. The summed E-state index contributed by atoms with van der Waals surface area (Å²) < 4.78 is 28.9.